The summed E-state index contributed by atoms with van der Waals surface area (Å²) in [4.78, 5) is 12.1. The van der Waals surface area contributed by atoms with Gasteiger partial charge in [-0.2, -0.15) is 13.2 Å². The number of carbonyl (C=O) groups excluding carboxylic acids is 1. The van der Waals surface area contributed by atoms with Crippen LogP contribution in [0.2, 0.25) is 0 Å². The summed E-state index contributed by atoms with van der Waals surface area (Å²) in [6.45, 7) is 2.92. The first-order chi connectivity index (χ1) is 14.6. The fourth-order valence-corrected chi connectivity index (χ4v) is 6.55. The highest BCUT2D eigenvalue weighted by atomic mass is 32.2. The Bertz CT molecular complexity index is 1270. The molecule has 0 bridgehead atoms. The van der Waals surface area contributed by atoms with E-state index in [0.717, 1.165) is 18.2 Å². The maximum Gasteiger partial charge on any atom is 0.416 e. The number of nitrogens with one attached hydrogen (secondary N) is 1. The molecule has 1 aliphatic rings. The van der Waals surface area contributed by atoms with Crippen molar-refractivity contribution in [3.63, 3.8) is 0 Å². The molecule has 174 valence electrons. The lowest BCUT2D eigenvalue weighted by molar-refractivity contribution is -0.137. The van der Waals surface area contributed by atoms with Crippen molar-refractivity contribution in [2.45, 2.75) is 24.9 Å². The highest BCUT2D eigenvalue weighted by Crippen LogP contribution is 2.38. The number of carbonyl (C=O) groups is 1. The number of amides is 1. The largest absolute Gasteiger partial charge is 0.495 e. The molecule has 1 saturated heterocycles. The Morgan fingerprint density at radius 1 is 1.09 bits per heavy atom. The predicted molar refractivity (Wildman–Crippen MR) is 110 cm³/mol. The van der Waals surface area contributed by atoms with Crippen LogP contribution in [0.25, 0.3) is 0 Å². The molecule has 2 aromatic rings. The minimum atomic E-state index is -4.59. The molecule has 32 heavy (non-hydrogen) atoms. The zero-order valence-corrected chi connectivity index (χ0v) is 18.7. The van der Waals surface area contributed by atoms with Gasteiger partial charge in [0, 0.05) is 5.69 Å². The van der Waals surface area contributed by atoms with Crippen molar-refractivity contribution in [2.24, 2.45) is 5.41 Å². The summed E-state index contributed by atoms with van der Waals surface area (Å²) in [5.41, 5.74) is -2.51. The lowest BCUT2D eigenvalue weighted by Crippen LogP contribution is -2.33. The van der Waals surface area contributed by atoms with Crippen molar-refractivity contribution in [1.82, 2.24) is 0 Å². The van der Waals surface area contributed by atoms with E-state index >= 15 is 0 Å². The Morgan fingerprint density at radius 3 is 2.16 bits per heavy atom. The van der Waals surface area contributed by atoms with Crippen LogP contribution in [0.15, 0.2) is 47.4 Å². The summed E-state index contributed by atoms with van der Waals surface area (Å²) in [6, 6.07) is 6.67. The van der Waals surface area contributed by atoms with Gasteiger partial charge >= 0.3 is 6.18 Å². The molecule has 0 saturated carbocycles. The van der Waals surface area contributed by atoms with E-state index in [9.17, 15) is 34.8 Å². The molecule has 2 aromatic carbocycles. The van der Waals surface area contributed by atoms with Gasteiger partial charge in [-0.3, -0.25) is 9.52 Å². The van der Waals surface area contributed by atoms with Crippen molar-refractivity contribution >= 4 is 37.3 Å². The fraction of sp³-hybridized carbons (Fsp3) is 0.316. The monoisotopic (exact) mass is 492 g/mol. The SMILES string of the molecule is COc1ccc(N2C(=O)C(C)(C)CS2(=O)=O)cc1S(=O)(=O)Nc1ccc(C(F)(F)F)cc1. The summed E-state index contributed by atoms with van der Waals surface area (Å²) < 4.78 is 96.8. The lowest BCUT2D eigenvalue weighted by Gasteiger charge is -2.19. The van der Waals surface area contributed by atoms with E-state index in [4.69, 9.17) is 4.74 Å². The van der Waals surface area contributed by atoms with Crippen LogP contribution >= 0.6 is 0 Å². The second kappa shape index (κ2) is 7.66. The molecule has 1 amide bonds. The number of nitrogens with zero attached hydrogens (tertiary/aromatic N) is 1. The summed E-state index contributed by atoms with van der Waals surface area (Å²) in [7, 11) is -7.28. The van der Waals surface area contributed by atoms with Gasteiger partial charge in [0.15, 0.2) is 0 Å². The van der Waals surface area contributed by atoms with Gasteiger partial charge in [0.1, 0.15) is 10.6 Å². The molecule has 1 fully saturated rings. The summed E-state index contributed by atoms with van der Waals surface area (Å²) in [6.07, 6.45) is -4.59. The van der Waals surface area contributed by atoms with Gasteiger partial charge in [-0.15, -0.1) is 0 Å². The van der Waals surface area contributed by atoms with Crippen LogP contribution < -0.4 is 13.8 Å². The van der Waals surface area contributed by atoms with Crippen molar-refractivity contribution < 1.29 is 39.5 Å². The van der Waals surface area contributed by atoms with Gasteiger partial charge in [-0.1, -0.05) is 0 Å². The summed E-state index contributed by atoms with van der Waals surface area (Å²) in [5.74, 6) is -1.32. The molecule has 8 nitrogen and oxygen atoms in total. The maximum atomic E-state index is 12.9. The van der Waals surface area contributed by atoms with Gasteiger partial charge in [0.2, 0.25) is 15.9 Å². The number of methoxy groups -OCH3 is 1. The van der Waals surface area contributed by atoms with Crippen LogP contribution in [0.5, 0.6) is 5.75 Å². The Kier molecular flexibility index (Phi) is 5.71. The number of benzene rings is 2. The third kappa shape index (κ3) is 4.39. The van der Waals surface area contributed by atoms with E-state index in [0.29, 0.717) is 16.4 Å². The standard InChI is InChI=1S/C19H19F3N2O6S2/c1-18(2)11-31(26,27)24(17(18)25)14-8-9-15(30-3)16(10-14)32(28,29)23-13-6-4-12(5-7-13)19(20,21)22/h4-10,23H,11H2,1-3H3. The van der Waals surface area contributed by atoms with E-state index < -0.39 is 53.8 Å². The predicted octanol–water partition coefficient (Wildman–Crippen LogP) is 3.22. The topological polar surface area (TPSA) is 110 Å². The smallest absolute Gasteiger partial charge is 0.416 e. The van der Waals surface area contributed by atoms with Crippen LogP contribution in [0, 0.1) is 5.41 Å². The third-order valence-electron chi connectivity index (χ3n) is 4.72. The fourth-order valence-electron chi connectivity index (χ4n) is 3.20. The normalized spacial score (nSPS) is 17.9. The minimum Gasteiger partial charge on any atom is -0.495 e. The number of alkyl halides is 3. The zero-order chi connectivity index (χ0) is 24.1. The number of sulfonamides is 2. The average molecular weight is 492 g/mol. The molecule has 1 N–H and O–H groups in total. The van der Waals surface area contributed by atoms with Crippen molar-refractivity contribution in [1.29, 1.82) is 0 Å². The minimum absolute atomic E-state index is 0.156. The highest BCUT2D eigenvalue weighted by Gasteiger charge is 2.50. The van der Waals surface area contributed by atoms with Gasteiger partial charge in [-0.25, -0.2) is 21.1 Å². The first-order valence-corrected chi connectivity index (χ1v) is 12.1. The van der Waals surface area contributed by atoms with Crippen molar-refractivity contribution in [3.8, 4) is 5.75 Å². The summed E-state index contributed by atoms with van der Waals surface area (Å²) in [5, 5.41) is 0. The quantitative estimate of drug-likeness (QED) is 0.687. The second-order valence-corrected chi connectivity index (χ2v) is 11.2. The number of rotatable bonds is 5. The molecule has 1 heterocycles. The number of ether oxygens (including phenoxy) is 1. The first kappa shape index (κ1) is 23.9. The van der Waals surface area contributed by atoms with Gasteiger partial charge < -0.3 is 4.74 Å². The molecule has 13 heteroatoms. The molecule has 0 atom stereocenters. The molecule has 0 aromatic heterocycles. The van der Waals surface area contributed by atoms with Crippen LogP contribution in [-0.2, 0) is 31.0 Å². The number of halogens is 3. The van der Waals surface area contributed by atoms with Gasteiger partial charge in [0.25, 0.3) is 10.0 Å². The first-order valence-electron chi connectivity index (χ1n) is 9.04. The van der Waals surface area contributed by atoms with Crippen molar-refractivity contribution in [2.75, 3.05) is 21.9 Å². The van der Waals surface area contributed by atoms with Gasteiger partial charge in [0.05, 0.1) is 29.5 Å². The average Bonchev–Trinajstić information content (AvgIpc) is 2.83. The van der Waals surface area contributed by atoms with E-state index in [2.05, 4.69) is 4.72 Å². The molecule has 1 aliphatic heterocycles. The Balaban J connectivity index is 2.03. The number of anilines is 2. The van der Waals surface area contributed by atoms with E-state index in [-0.39, 0.29) is 17.1 Å². The lowest BCUT2D eigenvalue weighted by atomic mass is 9.95. The second-order valence-electron chi connectivity index (χ2n) is 7.73. The number of hydrogen-bond donors (Lipinski definition) is 1. The Labute approximate surface area is 183 Å². The van der Waals surface area contributed by atoms with E-state index in [1.165, 1.54) is 33.1 Å². The molecule has 0 spiro atoms. The molecule has 0 radical (unpaired) electrons. The zero-order valence-electron chi connectivity index (χ0n) is 17.1. The van der Waals surface area contributed by atoms with E-state index in [1.807, 2.05) is 0 Å². The van der Waals surface area contributed by atoms with Crippen LogP contribution in [-0.4, -0.2) is 35.6 Å². The Hall–Kier alpha value is -2.80. The number of hydrogen-bond acceptors (Lipinski definition) is 6. The Morgan fingerprint density at radius 2 is 1.69 bits per heavy atom. The van der Waals surface area contributed by atoms with Crippen LogP contribution in [0.3, 0.4) is 0 Å². The summed E-state index contributed by atoms with van der Waals surface area (Å²) >= 11 is 0. The highest BCUT2D eigenvalue weighted by molar-refractivity contribution is 7.94. The van der Waals surface area contributed by atoms with E-state index in [1.54, 1.807) is 0 Å². The van der Waals surface area contributed by atoms with Crippen molar-refractivity contribution in [3.05, 3.63) is 48.0 Å². The molecular formula is C19H19F3N2O6S2. The van der Waals surface area contributed by atoms with Crippen LogP contribution in [0.4, 0.5) is 24.5 Å². The van der Waals surface area contributed by atoms with Crippen LogP contribution in [0.1, 0.15) is 19.4 Å². The van der Waals surface area contributed by atoms with Gasteiger partial charge in [-0.05, 0) is 56.3 Å². The molecule has 0 aliphatic carbocycles. The molecule has 3 rings (SSSR count). The molecular weight excluding hydrogens is 473 g/mol. The maximum absolute atomic E-state index is 12.9. The third-order valence-corrected chi connectivity index (χ3v) is 8.14. The molecule has 0 unspecified atom stereocenters.